The molecule has 8 heteroatoms. The Morgan fingerprint density at radius 2 is 1.95 bits per heavy atom. The monoisotopic (exact) mass is 277 g/mol. The van der Waals surface area contributed by atoms with Crippen LogP contribution in [0.3, 0.4) is 0 Å². The van der Waals surface area contributed by atoms with E-state index in [1.165, 1.54) is 18.3 Å². The fourth-order valence-corrected chi connectivity index (χ4v) is 1.33. The summed E-state index contributed by atoms with van der Waals surface area (Å²) in [6, 6.07) is 9.21. The van der Waals surface area contributed by atoms with E-state index in [9.17, 15) is 10.1 Å². The van der Waals surface area contributed by atoms with Gasteiger partial charge in [0.1, 0.15) is 0 Å². The van der Waals surface area contributed by atoms with Gasteiger partial charge in [-0.1, -0.05) is 11.6 Å². The van der Waals surface area contributed by atoms with Crippen LogP contribution in [0.2, 0.25) is 5.15 Å². The molecule has 0 aliphatic carbocycles. The third kappa shape index (κ3) is 3.71. The molecule has 1 heterocycles. The molecule has 0 aliphatic heterocycles. The van der Waals surface area contributed by atoms with Crippen molar-refractivity contribution in [1.82, 2.24) is 10.2 Å². The van der Waals surface area contributed by atoms with Gasteiger partial charge in [0.25, 0.3) is 5.69 Å². The first-order valence-corrected chi connectivity index (χ1v) is 5.56. The number of halogens is 1. The molecule has 0 saturated carbocycles. The molecular weight excluding hydrogens is 270 g/mol. The summed E-state index contributed by atoms with van der Waals surface area (Å²) in [5, 5.41) is 22.1. The molecule has 1 aromatic carbocycles. The number of nitro benzene ring substituents is 1. The Balaban J connectivity index is 1.98. The second kappa shape index (κ2) is 5.87. The summed E-state index contributed by atoms with van der Waals surface area (Å²) < 4.78 is 0. The average molecular weight is 278 g/mol. The predicted molar refractivity (Wildman–Crippen MR) is 71.4 cm³/mol. The summed E-state index contributed by atoms with van der Waals surface area (Å²) in [4.78, 5) is 10.0. The molecule has 0 spiro atoms. The molecule has 0 amide bonds. The summed E-state index contributed by atoms with van der Waals surface area (Å²) in [5.74, 6) is 0.447. The first-order chi connectivity index (χ1) is 9.15. The van der Waals surface area contributed by atoms with Crippen LogP contribution in [0.5, 0.6) is 0 Å². The van der Waals surface area contributed by atoms with E-state index in [2.05, 4.69) is 20.7 Å². The van der Waals surface area contributed by atoms with Crippen molar-refractivity contribution in [3.8, 4) is 0 Å². The minimum atomic E-state index is -0.456. The molecule has 96 valence electrons. The van der Waals surface area contributed by atoms with Crippen LogP contribution in [0.4, 0.5) is 11.5 Å². The van der Waals surface area contributed by atoms with Crippen LogP contribution in [0.25, 0.3) is 0 Å². The molecule has 0 bridgehead atoms. The van der Waals surface area contributed by atoms with Gasteiger partial charge in [-0.15, -0.1) is 10.2 Å². The maximum absolute atomic E-state index is 10.5. The maximum Gasteiger partial charge on any atom is 0.269 e. The second-order valence-corrected chi connectivity index (χ2v) is 3.85. The van der Waals surface area contributed by atoms with E-state index in [0.717, 1.165) is 5.56 Å². The lowest BCUT2D eigenvalue weighted by Gasteiger charge is -1.97. The van der Waals surface area contributed by atoms with Gasteiger partial charge in [-0.25, -0.2) is 0 Å². The minimum absolute atomic E-state index is 0.0358. The Labute approximate surface area is 113 Å². The number of nitrogens with zero attached hydrogens (tertiary/aromatic N) is 4. The summed E-state index contributed by atoms with van der Waals surface area (Å²) >= 11 is 5.59. The number of non-ortho nitro benzene ring substituents is 1. The number of aromatic nitrogens is 2. The van der Waals surface area contributed by atoms with Crippen molar-refractivity contribution >= 4 is 29.3 Å². The van der Waals surface area contributed by atoms with E-state index in [-0.39, 0.29) is 5.69 Å². The number of anilines is 1. The number of hydrogen-bond acceptors (Lipinski definition) is 6. The zero-order chi connectivity index (χ0) is 13.7. The molecule has 2 rings (SSSR count). The van der Waals surface area contributed by atoms with Crippen LogP contribution in [0.1, 0.15) is 5.56 Å². The van der Waals surface area contributed by atoms with Crippen molar-refractivity contribution in [3.63, 3.8) is 0 Å². The molecule has 0 fully saturated rings. The van der Waals surface area contributed by atoms with E-state index >= 15 is 0 Å². The molecule has 0 unspecified atom stereocenters. The SMILES string of the molecule is O=[N+]([O-])c1ccc(/C=N\Nc2ccc(Cl)nn2)cc1. The average Bonchev–Trinajstić information content (AvgIpc) is 2.41. The molecule has 0 radical (unpaired) electrons. The third-order valence-electron chi connectivity index (χ3n) is 2.13. The van der Waals surface area contributed by atoms with E-state index in [1.54, 1.807) is 24.3 Å². The van der Waals surface area contributed by atoms with Crippen LogP contribution < -0.4 is 5.43 Å². The van der Waals surface area contributed by atoms with Crippen LogP contribution in [-0.4, -0.2) is 21.3 Å². The van der Waals surface area contributed by atoms with Crippen molar-refractivity contribution in [2.75, 3.05) is 5.43 Å². The molecule has 0 saturated heterocycles. The smallest absolute Gasteiger partial charge is 0.260 e. The van der Waals surface area contributed by atoms with E-state index in [1.807, 2.05) is 0 Å². The first-order valence-electron chi connectivity index (χ1n) is 5.18. The Bertz CT molecular complexity index is 597. The van der Waals surface area contributed by atoms with Crippen LogP contribution >= 0.6 is 11.6 Å². The van der Waals surface area contributed by atoms with Crippen molar-refractivity contribution in [2.45, 2.75) is 0 Å². The number of hydrazone groups is 1. The maximum atomic E-state index is 10.5. The van der Waals surface area contributed by atoms with E-state index < -0.39 is 4.92 Å². The fraction of sp³-hybridized carbons (Fsp3) is 0. The van der Waals surface area contributed by atoms with Crippen molar-refractivity contribution in [1.29, 1.82) is 0 Å². The van der Waals surface area contributed by atoms with Gasteiger partial charge in [0.05, 0.1) is 11.1 Å². The third-order valence-corrected chi connectivity index (χ3v) is 2.33. The summed E-state index contributed by atoms with van der Waals surface area (Å²) in [6.07, 6.45) is 1.51. The topological polar surface area (TPSA) is 93.3 Å². The highest BCUT2D eigenvalue weighted by Crippen LogP contribution is 2.10. The summed E-state index contributed by atoms with van der Waals surface area (Å²) in [6.45, 7) is 0. The standard InChI is InChI=1S/C11H8ClN5O2/c12-10-5-6-11(16-14-10)15-13-7-8-1-3-9(4-2-8)17(18)19/h1-7H,(H,15,16)/b13-7-. The molecule has 7 nitrogen and oxygen atoms in total. The normalized spacial score (nSPS) is 10.6. The van der Waals surface area contributed by atoms with Gasteiger partial charge < -0.3 is 0 Å². The summed E-state index contributed by atoms with van der Waals surface area (Å²) in [7, 11) is 0. The van der Waals surface area contributed by atoms with Crippen LogP contribution in [0, 0.1) is 10.1 Å². The van der Waals surface area contributed by atoms with E-state index in [0.29, 0.717) is 11.0 Å². The number of benzene rings is 1. The van der Waals surface area contributed by atoms with Crippen molar-refractivity contribution in [3.05, 3.63) is 57.2 Å². The molecular formula is C11H8ClN5O2. The van der Waals surface area contributed by atoms with Gasteiger partial charge in [0.2, 0.25) is 0 Å². The quantitative estimate of drug-likeness (QED) is 0.526. The number of rotatable bonds is 4. The fourth-order valence-electron chi connectivity index (χ4n) is 1.23. The molecule has 1 aromatic heterocycles. The van der Waals surface area contributed by atoms with E-state index in [4.69, 9.17) is 11.6 Å². The van der Waals surface area contributed by atoms with Crippen molar-refractivity contribution < 1.29 is 4.92 Å². The molecule has 0 aliphatic rings. The lowest BCUT2D eigenvalue weighted by Crippen LogP contribution is -1.95. The Morgan fingerprint density at radius 1 is 1.21 bits per heavy atom. The largest absolute Gasteiger partial charge is 0.269 e. The minimum Gasteiger partial charge on any atom is -0.260 e. The van der Waals surface area contributed by atoms with Gasteiger partial charge in [-0.2, -0.15) is 5.10 Å². The van der Waals surface area contributed by atoms with Crippen molar-refractivity contribution in [2.24, 2.45) is 5.10 Å². The second-order valence-electron chi connectivity index (χ2n) is 3.46. The number of hydrogen-bond donors (Lipinski definition) is 1. The van der Waals surface area contributed by atoms with Gasteiger partial charge in [0.15, 0.2) is 11.0 Å². The van der Waals surface area contributed by atoms with Gasteiger partial charge in [0, 0.05) is 12.1 Å². The van der Waals surface area contributed by atoms with Crippen LogP contribution in [0.15, 0.2) is 41.5 Å². The number of nitro groups is 1. The van der Waals surface area contributed by atoms with Gasteiger partial charge in [-0.05, 0) is 29.8 Å². The van der Waals surface area contributed by atoms with Gasteiger partial charge >= 0.3 is 0 Å². The lowest BCUT2D eigenvalue weighted by atomic mass is 10.2. The Morgan fingerprint density at radius 3 is 2.53 bits per heavy atom. The zero-order valence-corrected chi connectivity index (χ0v) is 10.3. The highest BCUT2D eigenvalue weighted by atomic mass is 35.5. The highest BCUT2D eigenvalue weighted by Gasteiger charge is 2.02. The molecule has 2 aromatic rings. The molecule has 0 atom stereocenters. The number of nitrogens with one attached hydrogen (secondary N) is 1. The predicted octanol–water partition coefficient (Wildman–Crippen LogP) is 2.48. The Kier molecular flexibility index (Phi) is 3.99. The summed E-state index contributed by atoms with van der Waals surface area (Å²) in [5.41, 5.74) is 3.42. The Hall–Kier alpha value is -2.54. The zero-order valence-electron chi connectivity index (χ0n) is 9.52. The van der Waals surface area contributed by atoms with Gasteiger partial charge in [-0.3, -0.25) is 15.5 Å². The molecule has 19 heavy (non-hydrogen) atoms. The first kappa shape index (κ1) is 12.9. The van der Waals surface area contributed by atoms with Crippen LogP contribution in [-0.2, 0) is 0 Å². The highest BCUT2D eigenvalue weighted by molar-refractivity contribution is 6.29. The lowest BCUT2D eigenvalue weighted by molar-refractivity contribution is -0.384. The molecule has 1 N–H and O–H groups in total.